The van der Waals surface area contributed by atoms with Crippen LogP contribution in [-0.4, -0.2) is 28.2 Å². The summed E-state index contributed by atoms with van der Waals surface area (Å²) in [6, 6.07) is 3.04. The van der Waals surface area contributed by atoms with Gasteiger partial charge in [0.1, 0.15) is 0 Å². The molecule has 0 bridgehead atoms. The maximum atomic E-state index is 11.9. The minimum Gasteiger partial charge on any atom is -0.321 e. The van der Waals surface area contributed by atoms with Gasteiger partial charge in [0.2, 0.25) is 10.2 Å². The molecule has 2 rings (SSSR count). The average molecular weight is 273 g/mol. The second-order valence-electron chi connectivity index (χ2n) is 2.77. The van der Waals surface area contributed by atoms with Gasteiger partial charge in [-0.05, 0) is 17.3 Å². The van der Waals surface area contributed by atoms with Crippen molar-refractivity contribution in [3.05, 3.63) is 18.3 Å². The number of pyridine rings is 1. The van der Waals surface area contributed by atoms with Gasteiger partial charge >= 0.3 is 0 Å². The van der Waals surface area contributed by atoms with Crippen molar-refractivity contribution < 1.29 is 8.42 Å². The minimum atomic E-state index is -3.86. The summed E-state index contributed by atoms with van der Waals surface area (Å²) in [5.41, 5.74) is 2.43. The fourth-order valence-corrected chi connectivity index (χ4v) is 2.74. The molecular weight excluding hydrogens is 266 g/mol. The average Bonchev–Trinajstić information content (AvgIpc) is 2.81. The van der Waals surface area contributed by atoms with Crippen LogP contribution in [0.2, 0.25) is 0 Å². The molecule has 90 valence electrons. The number of hydrogen-bond acceptors (Lipinski definition) is 9. The minimum absolute atomic E-state index is 0.0543. The normalized spacial score (nSPS) is 11.1. The number of rotatable bonds is 4. The van der Waals surface area contributed by atoms with E-state index in [1.54, 1.807) is 6.07 Å². The Morgan fingerprint density at radius 2 is 2.24 bits per heavy atom. The van der Waals surface area contributed by atoms with E-state index < -0.39 is 10.0 Å². The molecule has 0 aliphatic heterocycles. The first-order chi connectivity index (χ1) is 8.13. The first kappa shape index (κ1) is 11.6. The molecule has 0 aliphatic rings. The maximum Gasteiger partial charge on any atom is 0.283 e. The molecule has 2 aromatic heterocycles. The van der Waals surface area contributed by atoms with E-state index in [0.29, 0.717) is 0 Å². The van der Waals surface area contributed by atoms with Gasteiger partial charge in [0, 0.05) is 17.7 Å². The molecule has 4 N–H and O–H groups in total. The number of anilines is 2. The Balaban J connectivity index is 2.38. The molecule has 0 atom stereocenters. The zero-order valence-electron chi connectivity index (χ0n) is 8.23. The molecule has 0 saturated heterocycles. The molecule has 0 saturated carbocycles. The zero-order valence-corrected chi connectivity index (χ0v) is 9.86. The van der Waals surface area contributed by atoms with E-state index in [1.807, 2.05) is 0 Å². The third-order valence-electron chi connectivity index (χ3n) is 1.70. The van der Waals surface area contributed by atoms with Crippen molar-refractivity contribution in [2.45, 2.75) is 5.03 Å². The van der Waals surface area contributed by atoms with E-state index in [4.69, 9.17) is 5.84 Å². The smallest absolute Gasteiger partial charge is 0.283 e. The number of hydrogen-bond donors (Lipinski definition) is 3. The third-order valence-corrected chi connectivity index (χ3v) is 3.64. The summed E-state index contributed by atoms with van der Waals surface area (Å²) in [6.45, 7) is 0. The highest BCUT2D eigenvalue weighted by Gasteiger charge is 2.21. The molecule has 2 heterocycles. The Morgan fingerprint density at radius 3 is 2.88 bits per heavy atom. The van der Waals surface area contributed by atoms with Gasteiger partial charge in [0.05, 0.1) is 5.69 Å². The van der Waals surface area contributed by atoms with Crippen molar-refractivity contribution >= 4 is 32.4 Å². The van der Waals surface area contributed by atoms with Crippen LogP contribution < -0.4 is 16.0 Å². The van der Waals surface area contributed by atoms with E-state index >= 15 is 0 Å². The number of hydrazine groups is 1. The highest BCUT2D eigenvalue weighted by atomic mass is 32.2. The molecule has 2 aromatic rings. The molecule has 0 aromatic carbocycles. The van der Waals surface area contributed by atoms with E-state index in [1.165, 1.54) is 12.3 Å². The van der Waals surface area contributed by atoms with Crippen molar-refractivity contribution in [3.8, 4) is 0 Å². The van der Waals surface area contributed by atoms with E-state index in [9.17, 15) is 8.42 Å². The number of nitrogens with zero attached hydrogens (tertiary/aromatic N) is 4. The SMILES string of the molecule is NNc1cccnc1S(=O)(=O)Nc1nnns1. The second-order valence-corrected chi connectivity index (χ2v) is 5.10. The summed E-state index contributed by atoms with van der Waals surface area (Å²) in [5.74, 6) is 5.20. The maximum absolute atomic E-state index is 11.9. The predicted octanol–water partition coefficient (Wildman–Crippen LogP) is -0.586. The molecule has 9 nitrogen and oxygen atoms in total. The van der Waals surface area contributed by atoms with Crippen LogP contribution in [0.1, 0.15) is 0 Å². The van der Waals surface area contributed by atoms with Crippen molar-refractivity contribution in [1.82, 2.24) is 19.8 Å². The summed E-state index contributed by atoms with van der Waals surface area (Å²) in [4.78, 5) is 3.74. The van der Waals surface area contributed by atoms with Gasteiger partial charge in [-0.3, -0.25) is 10.6 Å². The number of aromatic nitrogens is 4. The molecular formula is C6H7N7O2S2. The number of nitrogen functional groups attached to an aromatic ring is 1. The Bertz CT molecular complexity index is 597. The standard InChI is InChI=1S/C6H7N7O2S2/c7-9-4-2-1-3-8-5(4)17(14,15)11-6-10-12-13-16-6/h1-3,9H,7H2,(H,10,11,13). The van der Waals surface area contributed by atoms with Gasteiger partial charge < -0.3 is 5.43 Å². The second kappa shape index (κ2) is 4.57. The lowest BCUT2D eigenvalue weighted by atomic mass is 10.4. The van der Waals surface area contributed by atoms with Crippen LogP contribution >= 0.6 is 11.5 Å². The van der Waals surface area contributed by atoms with Crippen LogP contribution in [0.15, 0.2) is 23.4 Å². The monoisotopic (exact) mass is 273 g/mol. The molecule has 0 aliphatic carbocycles. The number of nitrogens with two attached hydrogens (primary N) is 1. The highest BCUT2D eigenvalue weighted by Crippen LogP contribution is 2.20. The summed E-state index contributed by atoms with van der Waals surface area (Å²) in [6.07, 6.45) is 1.34. The molecule has 0 fully saturated rings. The third kappa shape index (κ3) is 2.46. The Hall–Kier alpha value is -1.85. The summed E-state index contributed by atoms with van der Waals surface area (Å²) < 4.78 is 29.5. The Kier molecular flexibility index (Phi) is 3.12. The van der Waals surface area contributed by atoms with Crippen molar-refractivity contribution in [1.29, 1.82) is 0 Å². The Labute approximate surface area is 100 Å². The fraction of sp³-hybridized carbons (Fsp3) is 0. The van der Waals surface area contributed by atoms with E-state index in [-0.39, 0.29) is 15.8 Å². The van der Waals surface area contributed by atoms with Gasteiger partial charge in [0.25, 0.3) is 10.0 Å². The van der Waals surface area contributed by atoms with E-state index in [2.05, 4.69) is 29.9 Å². The predicted molar refractivity (Wildman–Crippen MR) is 60.6 cm³/mol. The van der Waals surface area contributed by atoms with Crippen LogP contribution in [0.5, 0.6) is 0 Å². The first-order valence-electron chi connectivity index (χ1n) is 4.23. The van der Waals surface area contributed by atoms with E-state index in [0.717, 1.165) is 11.5 Å². The van der Waals surface area contributed by atoms with Gasteiger partial charge in [0.15, 0.2) is 0 Å². The molecule has 0 amide bonds. The lowest BCUT2D eigenvalue weighted by Gasteiger charge is -2.07. The lowest BCUT2D eigenvalue weighted by molar-refractivity contribution is 0.598. The summed E-state index contributed by atoms with van der Waals surface area (Å²) in [7, 11) is -3.86. The Morgan fingerprint density at radius 1 is 1.41 bits per heavy atom. The van der Waals surface area contributed by atoms with Crippen LogP contribution in [0.3, 0.4) is 0 Å². The number of nitrogens with one attached hydrogen (secondary N) is 2. The topological polar surface area (TPSA) is 136 Å². The van der Waals surface area contributed by atoms with Crippen molar-refractivity contribution in [2.24, 2.45) is 5.84 Å². The highest BCUT2D eigenvalue weighted by molar-refractivity contribution is 7.93. The summed E-state index contributed by atoms with van der Waals surface area (Å²) >= 11 is 0.816. The molecule has 11 heteroatoms. The van der Waals surface area contributed by atoms with Crippen LogP contribution in [0.25, 0.3) is 0 Å². The van der Waals surface area contributed by atoms with Gasteiger partial charge in [-0.1, -0.05) is 9.59 Å². The van der Waals surface area contributed by atoms with Crippen LogP contribution in [0, 0.1) is 0 Å². The van der Waals surface area contributed by atoms with Gasteiger partial charge in [-0.15, -0.1) is 0 Å². The molecule has 0 spiro atoms. The summed E-state index contributed by atoms with van der Waals surface area (Å²) in [5, 5.41) is 6.57. The van der Waals surface area contributed by atoms with Crippen LogP contribution in [-0.2, 0) is 10.0 Å². The molecule has 17 heavy (non-hydrogen) atoms. The van der Waals surface area contributed by atoms with Gasteiger partial charge in [-0.2, -0.15) is 8.42 Å². The largest absolute Gasteiger partial charge is 0.321 e. The fourth-order valence-electron chi connectivity index (χ4n) is 1.05. The quantitative estimate of drug-likeness (QED) is 0.497. The molecule has 0 unspecified atom stereocenters. The van der Waals surface area contributed by atoms with Gasteiger partial charge in [-0.25, -0.2) is 4.98 Å². The van der Waals surface area contributed by atoms with Crippen LogP contribution in [0.4, 0.5) is 10.8 Å². The van der Waals surface area contributed by atoms with Crippen molar-refractivity contribution in [3.63, 3.8) is 0 Å². The number of sulfonamides is 1. The van der Waals surface area contributed by atoms with Crippen molar-refractivity contribution in [2.75, 3.05) is 10.1 Å². The first-order valence-corrected chi connectivity index (χ1v) is 6.48. The zero-order chi connectivity index (χ0) is 12.3. The molecule has 0 radical (unpaired) electrons. The lowest BCUT2D eigenvalue weighted by Crippen LogP contribution is -2.18.